The van der Waals surface area contributed by atoms with Gasteiger partial charge in [-0.25, -0.2) is 4.79 Å². The summed E-state index contributed by atoms with van der Waals surface area (Å²) in [5, 5.41) is 9.53. The zero-order valence-corrected chi connectivity index (χ0v) is 13.7. The second kappa shape index (κ2) is 7.02. The summed E-state index contributed by atoms with van der Waals surface area (Å²) in [5.74, 6) is -0.950. The van der Waals surface area contributed by atoms with Crippen molar-refractivity contribution in [3.05, 3.63) is 76.9 Å². The molecule has 0 bridgehead atoms. The molecule has 25 heavy (non-hydrogen) atoms. The summed E-state index contributed by atoms with van der Waals surface area (Å²) < 4.78 is 5.00. The first-order valence-electron chi connectivity index (χ1n) is 7.94. The molecule has 0 unspecified atom stereocenters. The Kier molecular flexibility index (Phi) is 4.62. The summed E-state index contributed by atoms with van der Waals surface area (Å²) in [4.78, 5) is 26.5. The predicted molar refractivity (Wildman–Crippen MR) is 91.9 cm³/mol. The van der Waals surface area contributed by atoms with Crippen LogP contribution in [0.2, 0.25) is 0 Å². The van der Waals surface area contributed by atoms with Crippen LogP contribution < -0.4 is 0 Å². The van der Waals surface area contributed by atoms with E-state index in [1.807, 2.05) is 36.4 Å². The summed E-state index contributed by atoms with van der Waals surface area (Å²) in [5.41, 5.74) is 2.11. The molecule has 1 aliphatic rings. The molecule has 1 amide bonds. The van der Waals surface area contributed by atoms with Crippen molar-refractivity contribution in [2.24, 2.45) is 0 Å². The topological polar surface area (TPSA) is 70.4 Å². The van der Waals surface area contributed by atoms with Crippen LogP contribution in [0.5, 0.6) is 0 Å². The van der Waals surface area contributed by atoms with Crippen LogP contribution in [0.3, 0.4) is 0 Å². The molecule has 0 N–H and O–H groups in total. The highest BCUT2D eigenvalue weighted by atomic mass is 16.5. The van der Waals surface area contributed by atoms with Crippen LogP contribution in [0.1, 0.15) is 28.4 Å². The van der Waals surface area contributed by atoms with Gasteiger partial charge in [0.15, 0.2) is 5.57 Å². The molecular formula is C20H16N2O3. The van der Waals surface area contributed by atoms with Gasteiger partial charge in [-0.2, -0.15) is 5.26 Å². The number of fused-ring (bicyclic) bond motifs is 1. The largest absolute Gasteiger partial charge is 0.462 e. The fourth-order valence-electron chi connectivity index (χ4n) is 2.85. The van der Waals surface area contributed by atoms with E-state index in [1.54, 1.807) is 31.2 Å². The van der Waals surface area contributed by atoms with Crippen molar-refractivity contribution in [1.82, 2.24) is 4.90 Å². The highest BCUT2D eigenvalue weighted by molar-refractivity contribution is 6.14. The second-order valence-corrected chi connectivity index (χ2v) is 5.48. The molecular weight excluding hydrogens is 316 g/mol. The number of ether oxygens (including phenoxy) is 1. The van der Waals surface area contributed by atoms with Gasteiger partial charge >= 0.3 is 5.97 Å². The number of nitrogens with zero attached hydrogens (tertiary/aromatic N) is 2. The maximum absolute atomic E-state index is 12.8. The van der Waals surface area contributed by atoms with E-state index in [4.69, 9.17) is 4.74 Å². The van der Waals surface area contributed by atoms with Crippen LogP contribution in [0.4, 0.5) is 0 Å². The molecule has 0 aliphatic carbocycles. The molecule has 2 aromatic carbocycles. The zero-order chi connectivity index (χ0) is 17.8. The quantitative estimate of drug-likeness (QED) is 0.490. The molecule has 0 aromatic heterocycles. The van der Waals surface area contributed by atoms with Crippen LogP contribution >= 0.6 is 0 Å². The van der Waals surface area contributed by atoms with E-state index in [1.165, 1.54) is 4.90 Å². The van der Waals surface area contributed by atoms with Crippen molar-refractivity contribution in [2.75, 3.05) is 6.61 Å². The van der Waals surface area contributed by atoms with Gasteiger partial charge in [0.2, 0.25) is 0 Å². The lowest BCUT2D eigenvalue weighted by Gasteiger charge is -2.19. The number of esters is 1. The number of carbonyl (C=O) groups excluding carboxylic acids is 2. The molecule has 1 heterocycles. The van der Waals surface area contributed by atoms with E-state index in [0.717, 1.165) is 5.56 Å². The van der Waals surface area contributed by atoms with E-state index >= 15 is 0 Å². The molecule has 0 radical (unpaired) electrons. The fourth-order valence-corrected chi connectivity index (χ4v) is 2.85. The van der Waals surface area contributed by atoms with Crippen molar-refractivity contribution in [3.63, 3.8) is 0 Å². The van der Waals surface area contributed by atoms with E-state index < -0.39 is 5.97 Å². The fraction of sp³-hybridized carbons (Fsp3) is 0.150. The molecule has 0 saturated heterocycles. The molecule has 1 aliphatic heterocycles. The van der Waals surface area contributed by atoms with Crippen molar-refractivity contribution in [2.45, 2.75) is 13.5 Å². The van der Waals surface area contributed by atoms with Gasteiger partial charge in [-0.3, -0.25) is 4.79 Å². The highest BCUT2D eigenvalue weighted by Crippen LogP contribution is 2.36. The van der Waals surface area contributed by atoms with Gasteiger partial charge in [-0.15, -0.1) is 0 Å². The number of amides is 1. The first-order valence-corrected chi connectivity index (χ1v) is 7.94. The van der Waals surface area contributed by atoms with E-state index in [9.17, 15) is 14.9 Å². The van der Waals surface area contributed by atoms with Crippen LogP contribution in [-0.4, -0.2) is 23.4 Å². The van der Waals surface area contributed by atoms with Crippen LogP contribution in [0.15, 0.2) is 60.2 Å². The van der Waals surface area contributed by atoms with Crippen molar-refractivity contribution >= 4 is 17.6 Å². The molecule has 0 saturated carbocycles. The molecule has 5 nitrogen and oxygen atoms in total. The number of benzene rings is 2. The van der Waals surface area contributed by atoms with Gasteiger partial charge in [0.05, 0.1) is 18.8 Å². The minimum absolute atomic E-state index is 0.156. The number of hydrogen-bond donors (Lipinski definition) is 0. The van der Waals surface area contributed by atoms with E-state index in [2.05, 4.69) is 0 Å². The summed E-state index contributed by atoms with van der Waals surface area (Å²) in [6, 6.07) is 18.3. The predicted octanol–water partition coefficient (Wildman–Crippen LogP) is 3.14. The first kappa shape index (κ1) is 16.5. The van der Waals surface area contributed by atoms with Crippen LogP contribution in [0.25, 0.3) is 5.70 Å². The average molecular weight is 332 g/mol. The molecule has 0 atom stereocenters. The van der Waals surface area contributed by atoms with Gasteiger partial charge in [0, 0.05) is 11.1 Å². The first-order chi connectivity index (χ1) is 12.2. The number of nitriles is 1. The molecule has 124 valence electrons. The SMILES string of the molecule is CCOC(=O)/C(C#N)=C1/c2ccccc2C(=O)N1Cc1ccccc1. The maximum Gasteiger partial charge on any atom is 0.351 e. The lowest BCUT2D eigenvalue weighted by Crippen LogP contribution is -2.25. The Morgan fingerprint density at radius 1 is 1.08 bits per heavy atom. The highest BCUT2D eigenvalue weighted by Gasteiger charge is 2.36. The van der Waals surface area contributed by atoms with Crippen molar-refractivity contribution < 1.29 is 14.3 Å². The van der Waals surface area contributed by atoms with Gasteiger partial charge in [0.1, 0.15) is 6.07 Å². The average Bonchev–Trinajstić information content (AvgIpc) is 2.90. The Morgan fingerprint density at radius 3 is 2.36 bits per heavy atom. The lowest BCUT2D eigenvalue weighted by molar-refractivity contribution is -0.137. The molecule has 2 aromatic rings. The Morgan fingerprint density at radius 2 is 1.72 bits per heavy atom. The number of carbonyl (C=O) groups is 2. The van der Waals surface area contributed by atoms with E-state index in [-0.39, 0.29) is 24.6 Å². The third-order valence-corrected chi connectivity index (χ3v) is 3.94. The summed E-state index contributed by atoms with van der Waals surface area (Å²) in [7, 11) is 0. The monoisotopic (exact) mass is 332 g/mol. The molecule has 3 rings (SSSR count). The van der Waals surface area contributed by atoms with Crippen LogP contribution in [0, 0.1) is 11.3 Å². The third-order valence-electron chi connectivity index (χ3n) is 3.94. The maximum atomic E-state index is 12.8. The van der Waals surface area contributed by atoms with Gasteiger partial charge in [-0.05, 0) is 18.6 Å². The smallest absolute Gasteiger partial charge is 0.351 e. The van der Waals surface area contributed by atoms with Gasteiger partial charge in [0.25, 0.3) is 5.91 Å². The van der Waals surface area contributed by atoms with Gasteiger partial charge < -0.3 is 9.64 Å². The summed E-state index contributed by atoms with van der Waals surface area (Å²) in [6.07, 6.45) is 0. The van der Waals surface area contributed by atoms with Crippen molar-refractivity contribution in [1.29, 1.82) is 5.26 Å². The zero-order valence-electron chi connectivity index (χ0n) is 13.7. The molecule has 0 fully saturated rings. The minimum atomic E-state index is -0.720. The Balaban J connectivity index is 2.14. The Hall–Kier alpha value is -3.39. The van der Waals surface area contributed by atoms with E-state index in [0.29, 0.717) is 16.8 Å². The van der Waals surface area contributed by atoms with Crippen LogP contribution in [-0.2, 0) is 16.1 Å². The number of hydrogen-bond acceptors (Lipinski definition) is 4. The standard InChI is InChI=1S/C20H16N2O3/c1-2-25-20(24)17(12-21)18-15-10-6-7-11-16(15)19(23)22(18)13-14-8-4-3-5-9-14/h3-11H,2,13H2,1H3/b18-17-. The van der Waals surface area contributed by atoms with Crippen molar-refractivity contribution in [3.8, 4) is 6.07 Å². The third kappa shape index (κ3) is 3.02. The molecule has 0 spiro atoms. The Bertz CT molecular complexity index is 895. The lowest BCUT2D eigenvalue weighted by atomic mass is 10.0. The normalized spacial score (nSPS) is 14.7. The minimum Gasteiger partial charge on any atom is -0.462 e. The second-order valence-electron chi connectivity index (χ2n) is 5.48. The van der Waals surface area contributed by atoms with Gasteiger partial charge in [-0.1, -0.05) is 48.5 Å². The Labute approximate surface area is 145 Å². The summed E-state index contributed by atoms with van der Waals surface area (Å²) in [6.45, 7) is 2.10. The molecule has 5 heteroatoms. The number of rotatable bonds is 4. The summed E-state index contributed by atoms with van der Waals surface area (Å²) >= 11 is 0.